The fraction of sp³-hybridized carbons (Fsp3) is 0.333. The first kappa shape index (κ1) is 13.5. The molecule has 2 N–H and O–H groups in total. The number of nitrogens with zero attached hydrogens (tertiary/aromatic N) is 1. The van der Waals surface area contributed by atoms with Gasteiger partial charge in [-0.1, -0.05) is 19.1 Å². The van der Waals surface area contributed by atoms with Crippen molar-refractivity contribution in [2.45, 2.75) is 19.4 Å². The van der Waals surface area contributed by atoms with Crippen LogP contribution >= 0.6 is 0 Å². The number of hydrogen-bond donors (Lipinski definition) is 2. The molecular weight excluding hydrogens is 240 g/mol. The smallest absolute Gasteiger partial charge is 0.119 e. The largest absolute Gasteiger partial charge is 0.491 e. The van der Waals surface area contributed by atoms with E-state index in [0.717, 1.165) is 12.2 Å². The molecule has 0 aliphatic rings. The summed E-state index contributed by atoms with van der Waals surface area (Å²) in [5.41, 5.74) is 4.30. The zero-order chi connectivity index (χ0) is 13.5. The quantitative estimate of drug-likeness (QED) is 0.801. The predicted octanol–water partition coefficient (Wildman–Crippen LogP) is 2.03. The van der Waals surface area contributed by atoms with E-state index in [1.54, 1.807) is 4.68 Å². The molecule has 2 rings (SSSR count). The van der Waals surface area contributed by atoms with Crippen LogP contribution in [0.2, 0.25) is 0 Å². The molecule has 0 bridgehead atoms. The topological polar surface area (TPSA) is 46.4 Å². The molecule has 1 unspecified atom stereocenters. The van der Waals surface area contributed by atoms with Crippen molar-refractivity contribution in [3.63, 3.8) is 0 Å². The molecule has 102 valence electrons. The van der Waals surface area contributed by atoms with E-state index in [0.29, 0.717) is 6.54 Å². The van der Waals surface area contributed by atoms with E-state index in [2.05, 4.69) is 18.4 Å². The minimum Gasteiger partial charge on any atom is -0.491 e. The molecule has 0 aliphatic heterocycles. The van der Waals surface area contributed by atoms with E-state index in [-0.39, 0.29) is 6.61 Å². The third-order valence-corrected chi connectivity index (χ3v) is 2.86. The second-order valence-electron chi connectivity index (χ2n) is 4.42. The number of aliphatic hydroxyl groups is 1. The van der Waals surface area contributed by atoms with Crippen molar-refractivity contribution in [3.8, 4) is 5.75 Å². The van der Waals surface area contributed by atoms with Crippen LogP contribution in [0.25, 0.3) is 0 Å². The molecule has 0 radical (unpaired) electrons. The monoisotopic (exact) mass is 260 g/mol. The van der Waals surface area contributed by atoms with Gasteiger partial charge in [0.05, 0.1) is 6.54 Å². The van der Waals surface area contributed by atoms with E-state index < -0.39 is 6.10 Å². The Balaban J connectivity index is 1.74. The highest BCUT2D eigenvalue weighted by atomic mass is 16.5. The number of aromatic nitrogens is 1. The first-order chi connectivity index (χ1) is 9.28. The van der Waals surface area contributed by atoms with Crippen LogP contribution in [0.3, 0.4) is 0 Å². The van der Waals surface area contributed by atoms with Crippen molar-refractivity contribution >= 4 is 0 Å². The maximum absolute atomic E-state index is 9.83. The van der Waals surface area contributed by atoms with Gasteiger partial charge >= 0.3 is 0 Å². The first-order valence-electron chi connectivity index (χ1n) is 6.54. The van der Waals surface area contributed by atoms with Gasteiger partial charge in [-0.25, -0.2) is 0 Å². The summed E-state index contributed by atoms with van der Waals surface area (Å²) in [7, 11) is 0. The molecule has 4 nitrogen and oxygen atoms in total. The van der Waals surface area contributed by atoms with Crippen LogP contribution in [0, 0.1) is 0 Å². The van der Waals surface area contributed by atoms with Gasteiger partial charge in [-0.2, -0.15) is 0 Å². The predicted molar refractivity (Wildman–Crippen MR) is 76.0 cm³/mol. The zero-order valence-corrected chi connectivity index (χ0v) is 11.1. The number of ether oxygens (including phenoxy) is 1. The van der Waals surface area contributed by atoms with Crippen molar-refractivity contribution in [1.82, 2.24) is 4.68 Å². The number of rotatable bonds is 7. The Morgan fingerprint density at radius 1 is 1.26 bits per heavy atom. The molecule has 0 fully saturated rings. The van der Waals surface area contributed by atoms with Crippen molar-refractivity contribution in [1.29, 1.82) is 0 Å². The summed E-state index contributed by atoms with van der Waals surface area (Å²) in [5.74, 6) is 0.805. The number of benzene rings is 1. The summed E-state index contributed by atoms with van der Waals surface area (Å²) < 4.78 is 7.39. The SMILES string of the molecule is CCc1cccc(OCC(O)CNn2cccc2)c1. The van der Waals surface area contributed by atoms with Gasteiger partial charge in [-0.3, -0.25) is 4.68 Å². The van der Waals surface area contributed by atoms with E-state index in [1.165, 1.54) is 5.56 Å². The Kier molecular flexibility index (Phi) is 4.86. The zero-order valence-electron chi connectivity index (χ0n) is 11.1. The molecule has 0 saturated carbocycles. The van der Waals surface area contributed by atoms with Gasteiger partial charge < -0.3 is 15.3 Å². The molecule has 0 spiro atoms. The van der Waals surface area contributed by atoms with E-state index in [9.17, 15) is 5.11 Å². The molecule has 19 heavy (non-hydrogen) atoms. The third-order valence-electron chi connectivity index (χ3n) is 2.86. The molecule has 0 amide bonds. The fourth-order valence-corrected chi connectivity index (χ4v) is 1.76. The van der Waals surface area contributed by atoms with Crippen LogP contribution in [0.4, 0.5) is 0 Å². The van der Waals surface area contributed by atoms with Crippen molar-refractivity contribution in [2.24, 2.45) is 0 Å². The van der Waals surface area contributed by atoms with Gasteiger partial charge in [0.2, 0.25) is 0 Å². The summed E-state index contributed by atoms with van der Waals surface area (Å²) in [6, 6.07) is 11.8. The molecule has 4 heteroatoms. The van der Waals surface area contributed by atoms with Crippen LogP contribution in [0.15, 0.2) is 48.8 Å². The minimum absolute atomic E-state index is 0.279. The number of aryl methyl sites for hydroxylation is 1. The van der Waals surface area contributed by atoms with Crippen molar-refractivity contribution in [3.05, 3.63) is 54.4 Å². The Morgan fingerprint density at radius 3 is 2.79 bits per heavy atom. The maximum Gasteiger partial charge on any atom is 0.119 e. The number of aliphatic hydroxyl groups excluding tert-OH is 1. The highest BCUT2D eigenvalue weighted by molar-refractivity contribution is 5.28. The van der Waals surface area contributed by atoms with Crippen LogP contribution < -0.4 is 10.2 Å². The normalized spacial score (nSPS) is 12.1. The van der Waals surface area contributed by atoms with Gasteiger partial charge in [-0.15, -0.1) is 0 Å². The number of hydrogen-bond acceptors (Lipinski definition) is 3. The molecule has 2 aromatic rings. The highest BCUT2D eigenvalue weighted by Crippen LogP contribution is 2.13. The standard InChI is InChI=1S/C15H20N2O2/c1-2-13-6-5-7-15(10-13)19-12-14(18)11-16-17-8-3-4-9-17/h3-10,14,16,18H,2,11-12H2,1H3. The van der Waals surface area contributed by atoms with Crippen molar-refractivity contribution in [2.75, 3.05) is 18.6 Å². The van der Waals surface area contributed by atoms with Gasteiger partial charge in [0, 0.05) is 12.4 Å². The summed E-state index contributed by atoms with van der Waals surface area (Å²) in [6.45, 7) is 2.83. The summed E-state index contributed by atoms with van der Waals surface area (Å²) in [4.78, 5) is 0. The Labute approximate surface area is 113 Å². The highest BCUT2D eigenvalue weighted by Gasteiger charge is 2.05. The lowest BCUT2D eigenvalue weighted by molar-refractivity contribution is 0.115. The third kappa shape index (κ3) is 4.34. The van der Waals surface area contributed by atoms with E-state index >= 15 is 0 Å². The lowest BCUT2D eigenvalue weighted by atomic mass is 10.2. The Bertz CT molecular complexity index is 483. The maximum atomic E-state index is 9.83. The van der Waals surface area contributed by atoms with Crippen LogP contribution in [-0.4, -0.2) is 29.0 Å². The second kappa shape index (κ2) is 6.85. The first-order valence-corrected chi connectivity index (χ1v) is 6.54. The summed E-state index contributed by atoms with van der Waals surface area (Å²) >= 11 is 0. The Hall–Kier alpha value is -1.94. The molecule has 0 aliphatic carbocycles. The van der Waals surface area contributed by atoms with Crippen LogP contribution in [0.5, 0.6) is 5.75 Å². The van der Waals surface area contributed by atoms with Gasteiger partial charge in [0.25, 0.3) is 0 Å². The molecule has 0 saturated heterocycles. The molecule has 1 atom stereocenters. The molecule has 1 aromatic carbocycles. The lowest BCUT2D eigenvalue weighted by Crippen LogP contribution is -2.30. The van der Waals surface area contributed by atoms with Gasteiger partial charge in [0.1, 0.15) is 18.5 Å². The van der Waals surface area contributed by atoms with Crippen molar-refractivity contribution < 1.29 is 9.84 Å². The van der Waals surface area contributed by atoms with Crippen LogP contribution in [0.1, 0.15) is 12.5 Å². The Morgan fingerprint density at radius 2 is 2.05 bits per heavy atom. The van der Waals surface area contributed by atoms with E-state index in [1.807, 2.05) is 42.7 Å². The average molecular weight is 260 g/mol. The molecule has 1 aromatic heterocycles. The van der Waals surface area contributed by atoms with Crippen LogP contribution in [-0.2, 0) is 6.42 Å². The molecule has 1 heterocycles. The molecular formula is C15H20N2O2. The van der Waals surface area contributed by atoms with E-state index in [4.69, 9.17) is 4.74 Å². The van der Waals surface area contributed by atoms with Gasteiger partial charge in [0.15, 0.2) is 0 Å². The number of nitrogens with one attached hydrogen (secondary N) is 1. The average Bonchev–Trinajstić information content (AvgIpc) is 2.96. The second-order valence-corrected chi connectivity index (χ2v) is 4.42. The fourth-order valence-electron chi connectivity index (χ4n) is 1.76. The lowest BCUT2D eigenvalue weighted by Gasteiger charge is -2.14. The minimum atomic E-state index is -0.548. The van der Waals surface area contributed by atoms with Gasteiger partial charge in [-0.05, 0) is 36.2 Å². The summed E-state index contributed by atoms with van der Waals surface area (Å²) in [5, 5.41) is 9.83. The summed E-state index contributed by atoms with van der Waals surface area (Å²) in [6.07, 6.45) is 4.21.